The van der Waals surface area contributed by atoms with Gasteiger partial charge < -0.3 is 15.1 Å². The molecule has 0 aromatic carbocycles. The molecule has 0 fully saturated rings. The molecular weight excluding hydrogens is 284 g/mol. The summed E-state index contributed by atoms with van der Waals surface area (Å²) in [5, 5.41) is 7.65. The molecule has 2 aromatic heterocycles. The fourth-order valence-corrected chi connectivity index (χ4v) is 2.80. The number of hydrogen-bond donors (Lipinski definition) is 2. The summed E-state index contributed by atoms with van der Waals surface area (Å²) in [6.45, 7) is 8.77. The number of aromatic nitrogens is 1. The Labute approximate surface area is 129 Å². The molecule has 0 radical (unpaired) electrons. The number of nitrogens with zero attached hydrogens (tertiary/aromatic N) is 2. The highest BCUT2D eigenvalue weighted by Gasteiger charge is 2.11. The van der Waals surface area contributed by atoms with Crippen LogP contribution in [-0.4, -0.2) is 18.0 Å². The normalized spacial score (nSPS) is 13.3. The van der Waals surface area contributed by atoms with Crippen molar-refractivity contribution in [2.45, 2.75) is 40.3 Å². The van der Waals surface area contributed by atoms with E-state index in [1.807, 2.05) is 32.9 Å². The maximum absolute atomic E-state index is 5.62. The molecule has 2 rings (SSSR count). The van der Waals surface area contributed by atoms with Gasteiger partial charge in [-0.1, -0.05) is 0 Å². The van der Waals surface area contributed by atoms with Crippen molar-refractivity contribution in [3.8, 4) is 0 Å². The van der Waals surface area contributed by atoms with Gasteiger partial charge in [-0.2, -0.15) is 0 Å². The van der Waals surface area contributed by atoms with Crippen molar-refractivity contribution in [3.63, 3.8) is 0 Å². The van der Waals surface area contributed by atoms with E-state index >= 15 is 0 Å². The third-order valence-electron chi connectivity index (χ3n) is 3.24. The van der Waals surface area contributed by atoms with Crippen molar-refractivity contribution in [2.24, 2.45) is 4.99 Å². The highest BCUT2D eigenvalue weighted by molar-refractivity contribution is 7.11. The zero-order chi connectivity index (χ0) is 15.4. The molecule has 2 N–H and O–H groups in total. The van der Waals surface area contributed by atoms with Gasteiger partial charge in [-0.3, -0.25) is 4.99 Å². The molecule has 0 saturated heterocycles. The van der Waals surface area contributed by atoms with E-state index in [0.29, 0.717) is 6.54 Å². The van der Waals surface area contributed by atoms with Gasteiger partial charge in [0.25, 0.3) is 0 Å². The summed E-state index contributed by atoms with van der Waals surface area (Å²) in [5.41, 5.74) is 1.10. The smallest absolute Gasteiger partial charge is 0.191 e. The van der Waals surface area contributed by atoms with Crippen LogP contribution in [0.15, 0.2) is 21.5 Å². The van der Waals surface area contributed by atoms with Crippen molar-refractivity contribution >= 4 is 17.3 Å². The molecule has 0 amide bonds. The molecule has 0 bridgehead atoms. The van der Waals surface area contributed by atoms with Gasteiger partial charge in [-0.05, 0) is 39.8 Å². The molecule has 1 unspecified atom stereocenters. The quantitative estimate of drug-likeness (QED) is 0.673. The number of aliphatic imine (C=N–C) groups is 1. The van der Waals surface area contributed by atoms with Gasteiger partial charge in [0.15, 0.2) is 5.96 Å². The average Bonchev–Trinajstić information content (AvgIpc) is 3.01. The first-order valence-electron chi connectivity index (χ1n) is 6.96. The summed E-state index contributed by atoms with van der Waals surface area (Å²) in [4.78, 5) is 10.0. The van der Waals surface area contributed by atoms with Crippen LogP contribution in [0.3, 0.4) is 0 Å². The molecule has 0 aliphatic carbocycles. The van der Waals surface area contributed by atoms with E-state index in [0.717, 1.165) is 28.2 Å². The summed E-state index contributed by atoms with van der Waals surface area (Å²) in [6.07, 6.45) is 0. The minimum Gasteiger partial charge on any atom is -0.464 e. The largest absolute Gasteiger partial charge is 0.464 e. The van der Waals surface area contributed by atoms with Gasteiger partial charge in [-0.15, -0.1) is 11.3 Å². The summed E-state index contributed by atoms with van der Waals surface area (Å²) in [7, 11) is 1.76. The maximum atomic E-state index is 5.62. The van der Waals surface area contributed by atoms with Gasteiger partial charge in [0.05, 0.1) is 18.3 Å². The molecular formula is C15H22N4OS. The molecule has 0 aliphatic heterocycles. The van der Waals surface area contributed by atoms with Crippen LogP contribution in [0.25, 0.3) is 0 Å². The second kappa shape index (κ2) is 6.76. The van der Waals surface area contributed by atoms with Crippen LogP contribution in [0.2, 0.25) is 0 Å². The van der Waals surface area contributed by atoms with Crippen molar-refractivity contribution < 1.29 is 4.42 Å². The highest BCUT2D eigenvalue weighted by Crippen LogP contribution is 2.17. The van der Waals surface area contributed by atoms with Crippen LogP contribution in [0, 0.1) is 20.8 Å². The van der Waals surface area contributed by atoms with E-state index in [4.69, 9.17) is 4.42 Å². The molecule has 0 saturated carbocycles. The molecule has 21 heavy (non-hydrogen) atoms. The monoisotopic (exact) mass is 306 g/mol. The SMILES string of the molecule is CN=C(NCc1nc(C)c(C)s1)NC(C)c1ccc(C)o1. The molecule has 1 atom stereocenters. The summed E-state index contributed by atoms with van der Waals surface area (Å²) in [6, 6.07) is 4.00. The number of nitrogens with one attached hydrogen (secondary N) is 2. The first-order valence-corrected chi connectivity index (χ1v) is 7.77. The van der Waals surface area contributed by atoms with Gasteiger partial charge in [0, 0.05) is 11.9 Å². The van der Waals surface area contributed by atoms with Crippen molar-refractivity contribution in [2.75, 3.05) is 7.05 Å². The number of aryl methyl sites for hydroxylation is 3. The lowest BCUT2D eigenvalue weighted by molar-refractivity contribution is 0.441. The van der Waals surface area contributed by atoms with Gasteiger partial charge in [-0.25, -0.2) is 4.98 Å². The standard InChI is InChI=1S/C15H22N4OS/c1-9-6-7-13(20-9)11(3)19-15(16-5)17-8-14-18-10(2)12(4)21-14/h6-7,11H,8H2,1-5H3,(H2,16,17,19). The van der Waals surface area contributed by atoms with Crippen LogP contribution >= 0.6 is 11.3 Å². The molecule has 5 nitrogen and oxygen atoms in total. The van der Waals surface area contributed by atoms with Crippen LogP contribution < -0.4 is 10.6 Å². The van der Waals surface area contributed by atoms with Gasteiger partial charge >= 0.3 is 0 Å². The Kier molecular flexibility index (Phi) is 5.01. The Hall–Kier alpha value is -1.82. The van der Waals surface area contributed by atoms with Crippen LogP contribution in [0.5, 0.6) is 0 Å². The van der Waals surface area contributed by atoms with Crippen molar-refractivity contribution in [1.29, 1.82) is 0 Å². The van der Waals surface area contributed by atoms with E-state index in [1.54, 1.807) is 18.4 Å². The first-order chi connectivity index (χ1) is 9.99. The fraction of sp³-hybridized carbons (Fsp3) is 0.467. The van der Waals surface area contributed by atoms with E-state index in [1.165, 1.54) is 4.88 Å². The lowest BCUT2D eigenvalue weighted by Gasteiger charge is -2.15. The Morgan fingerprint density at radius 2 is 2.14 bits per heavy atom. The zero-order valence-electron chi connectivity index (χ0n) is 13.2. The second-order valence-electron chi connectivity index (χ2n) is 4.99. The molecule has 114 valence electrons. The fourth-order valence-electron chi connectivity index (χ4n) is 1.93. The predicted octanol–water partition coefficient (Wildman–Crippen LogP) is 3.09. The number of guanidine groups is 1. The van der Waals surface area contributed by atoms with Gasteiger partial charge in [0.2, 0.25) is 0 Å². The van der Waals surface area contributed by atoms with E-state index in [9.17, 15) is 0 Å². The Morgan fingerprint density at radius 1 is 1.38 bits per heavy atom. The molecule has 6 heteroatoms. The number of furan rings is 1. The highest BCUT2D eigenvalue weighted by atomic mass is 32.1. The van der Waals surface area contributed by atoms with Crippen molar-refractivity contribution in [1.82, 2.24) is 15.6 Å². The van der Waals surface area contributed by atoms with Crippen LogP contribution in [0.4, 0.5) is 0 Å². The first kappa shape index (κ1) is 15.6. The summed E-state index contributed by atoms with van der Waals surface area (Å²) < 4.78 is 5.62. The molecule has 0 aliphatic rings. The average molecular weight is 306 g/mol. The molecule has 2 aromatic rings. The minimum atomic E-state index is 0.0599. The second-order valence-corrected chi connectivity index (χ2v) is 6.28. The van der Waals surface area contributed by atoms with Crippen LogP contribution in [-0.2, 0) is 6.54 Å². The summed E-state index contributed by atoms with van der Waals surface area (Å²) in [5.74, 6) is 2.55. The Balaban J connectivity index is 1.91. The number of thiazole rings is 1. The van der Waals surface area contributed by atoms with Crippen molar-refractivity contribution in [3.05, 3.63) is 39.2 Å². The Morgan fingerprint density at radius 3 is 2.67 bits per heavy atom. The number of hydrogen-bond acceptors (Lipinski definition) is 4. The van der Waals surface area contributed by atoms with Gasteiger partial charge in [0.1, 0.15) is 16.5 Å². The lowest BCUT2D eigenvalue weighted by Crippen LogP contribution is -2.38. The van der Waals surface area contributed by atoms with E-state index in [-0.39, 0.29) is 6.04 Å². The topological polar surface area (TPSA) is 62.5 Å². The number of rotatable bonds is 4. The predicted molar refractivity (Wildman–Crippen MR) is 86.8 cm³/mol. The summed E-state index contributed by atoms with van der Waals surface area (Å²) >= 11 is 1.71. The third-order valence-corrected chi connectivity index (χ3v) is 4.32. The zero-order valence-corrected chi connectivity index (χ0v) is 14.0. The van der Waals surface area contributed by atoms with Crippen LogP contribution in [0.1, 0.15) is 40.1 Å². The molecule has 0 spiro atoms. The minimum absolute atomic E-state index is 0.0599. The Bertz CT molecular complexity index is 610. The molecule has 2 heterocycles. The lowest BCUT2D eigenvalue weighted by atomic mass is 10.2. The van der Waals surface area contributed by atoms with E-state index < -0.39 is 0 Å². The third kappa shape index (κ3) is 4.07. The van der Waals surface area contributed by atoms with E-state index in [2.05, 4.69) is 27.5 Å². The maximum Gasteiger partial charge on any atom is 0.191 e.